The first-order valence-electron chi connectivity index (χ1n) is 7.96. The molecule has 1 unspecified atom stereocenters. The fourth-order valence-corrected chi connectivity index (χ4v) is 2.76. The van der Waals surface area contributed by atoms with Crippen LogP contribution in [-0.4, -0.2) is 49.7 Å². The van der Waals surface area contributed by atoms with Gasteiger partial charge in [-0.25, -0.2) is 0 Å². The largest absolute Gasteiger partial charge is 0.487 e. The van der Waals surface area contributed by atoms with Crippen LogP contribution in [0.1, 0.15) is 25.5 Å². The minimum absolute atomic E-state index is 0.00411. The highest BCUT2D eigenvalue weighted by atomic mass is 16.5. The molecule has 0 aliphatic carbocycles. The first kappa shape index (κ1) is 16.4. The molecule has 0 fully saturated rings. The summed E-state index contributed by atoms with van der Waals surface area (Å²) >= 11 is 0. The molecular weight excluding hydrogens is 308 g/mol. The molecule has 0 saturated carbocycles. The van der Waals surface area contributed by atoms with E-state index in [0.29, 0.717) is 24.5 Å². The highest BCUT2D eigenvalue weighted by molar-refractivity contribution is 5.96. The van der Waals surface area contributed by atoms with Crippen LogP contribution in [0.5, 0.6) is 5.75 Å². The van der Waals surface area contributed by atoms with Crippen LogP contribution in [0.15, 0.2) is 18.5 Å². The number of aromatic nitrogens is 4. The maximum Gasteiger partial charge on any atom is 0.243 e. The molecule has 1 atom stereocenters. The van der Waals surface area contributed by atoms with Gasteiger partial charge in [0, 0.05) is 6.20 Å². The van der Waals surface area contributed by atoms with Crippen molar-refractivity contribution in [1.29, 1.82) is 0 Å². The zero-order valence-corrected chi connectivity index (χ0v) is 14.4. The van der Waals surface area contributed by atoms with Crippen molar-refractivity contribution in [2.75, 3.05) is 12.4 Å². The standard InChI is InChI=1S/C16H22N6O2/c1-10(2)24-14-7-17-6-5-12(14)18-16(23)13-8-22-11(3)19-20-15(22)9-21(13)4/h5-7,10,13H,8-9H2,1-4H3,(H,17,18,23). The van der Waals surface area contributed by atoms with E-state index >= 15 is 0 Å². The molecule has 0 radical (unpaired) electrons. The smallest absolute Gasteiger partial charge is 0.243 e. The van der Waals surface area contributed by atoms with Crippen molar-refractivity contribution in [1.82, 2.24) is 24.6 Å². The minimum atomic E-state index is -0.299. The molecule has 0 aromatic carbocycles. The zero-order chi connectivity index (χ0) is 17.3. The SMILES string of the molecule is Cc1nnc2n1CC(C(=O)Nc1ccncc1OC(C)C)N(C)C2. The summed E-state index contributed by atoms with van der Waals surface area (Å²) in [5, 5.41) is 11.2. The molecule has 1 aliphatic heterocycles. The lowest BCUT2D eigenvalue weighted by Crippen LogP contribution is -2.48. The van der Waals surface area contributed by atoms with Gasteiger partial charge in [-0.3, -0.25) is 14.7 Å². The molecule has 8 nitrogen and oxygen atoms in total. The Morgan fingerprint density at radius 2 is 2.21 bits per heavy atom. The third kappa shape index (κ3) is 3.23. The molecule has 0 spiro atoms. The highest BCUT2D eigenvalue weighted by Gasteiger charge is 2.31. The fraction of sp³-hybridized carbons (Fsp3) is 0.500. The summed E-state index contributed by atoms with van der Waals surface area (Å²) in [6, 6.07) is 1.45. The van der Waals surface area contributed by atoms with Gasteiger partial charge in [-0.15, -0.1) is 10.2 Å². The van der Waals surface area contributed by atoms with E-state index in [4.69, 9.17) is 4.74 Å². The van der Waals surface area contributed by atoms with E-state index in [2.05, 4.69) is 20.5 Å². The zero-order valence-electron chi connectivity index (χ0n) is 14.4. The number of likely N-dealkylation sites (N-methyl/N-ethyl adjacent to an activating group) is 1. The van der Waals surface area contributed by atoms with Gasteiger partial charge in [-0.05, 0) is 33.9 Å². The number of nitrogens with one attached hydrogen (secondary N) is 1. The van der Waals surface area contributed by atoms with Crippen LogP contribution in [0.2, 0.25) is 0 Å². The molecule has 8 heteroatoms. The molecule has 24 heavy (non-hydrogen) atoms. The number of aryl methyl sites for hydroxylation is 1. The topological polar surface area (TPSA) is 85.2 Å². The number of anilines is 1. The molecule has 0 bridgehead atoms. The van der Waals surface area contributed by atoms with Gasteiger partial charge in [0.1, 0.15) is 17.7 Å². The van der Waals surface area contributed by atoms with E-state index in [1.807, 2.05) is 37.3 Å². The number of pyridine rings is 1. The van der Waals surface area contributed by atoms with E-state index in [1.54, 1.807) is 18.5 Å². The van der Waals surface area contributed by atoms with Gasteiger partial charge in [-0.1, -0.05) is 0 Å². The van der Waals surface area contributed by atoms with E-state index in [9.17, 15) is 4.79 Å². The molecule has 0 saturated heterocycles. The van der Waals surface area contributed by atoms with E-state index in [0.717, 1.165) is 11.6 Å². The van der Waals surface area contributed by atoms with Crippen molar-refractivity contribution in [3.8, 4) is 5.75 Å². The Labute approximate surface area is 140 Å². The van der Waals surface area contributed by atoms with E-state index in [1.165, 1.54) is 0 Å². The lowest BCUT2D eigenvalue weighted by Gasteiger charge is -2.32. The summed E-state index contributed by atoms with van der Waals surface area (Å²) in [7, 11) is 1.91. The fourth-order valence-electron chi connectivity index (χ4n) is 2.76. The third-order valence-corrected chi connectivity index (χ3v) is 4.00. The second-order valence-corrected chi connectivity index (χ2v) is 6.23. The summed E-state index contributed by atoms with van der Waals surface area (Å²) in [5.74, 6) is 2.19. The van der Waals surface area contributed by atoms with Gasteiger partial charge < -0.3 is 14.6 Å². The second kappa shape index (κ2) is 6.56. The van der Waals surface area contributed by atoms with Crippen molar-refractivity contribution < 1.29 is 9.53 Å². The van der Waals surface area contributed by atoms with Crippen LogP contribution >= 0.6 is 0 Å². The van der Waals surface area contributed by atoms with Crippen molar-refractivity contribution in [2.24, 2.45) is 0 Å². The first-order valence-corrected chi connectivity index (χ1v) is 7.96. The van der Waals surface area contributed by atoms with Crippen LogP contribution in [0.4, 0.5) is 5.69 Å². The van der Waals surface area contributed by atoms with Gasteiger partial charge in [0.2, 0.25) is 5.91 Å². The monoisotopic (exact) mass is 330 g/mol. The predicted molar refractivity (Wildman–Crippen MR) is 88.6 cm³/mol. The van der Waals surface area contributed by atoms with Crippen molar-refractivity contribution in [3.05, 3.63) is 30.1 Å². The van der Waals surface area contributed by atoms with Crippen molar-refractivity contribution in [2.45, 2.75) is 46.0 Å². The number of amides is 1. The molecule has 1 aliphatic rings. The summed E-state index contributed by atoms with van der Waals surface area (Å²) in [6.07, 6.45) is 3.25. The Kier molecular flexibility index (Phi) is 4.48. The van der Waals surface area contributed by atoms with Crippen molar-refractivity contribution >= 4 is 11.6 Å². The maximum atomic E-state index is 12.8. The molecular formula is C16H22N6O2. The molecule has 3 heterocycles. The van der Waals surface area contributed by atoms with Crippen LogP contribution in [0.3, 0.4) is 0 Å². The Balaban J connectivity index is 1.77. The summed E-state index contributed by atoms with van der Waals surface area (Å²) in [4.78, 5) is 18.8. The minimum Gasteiger partial charge on any atom is -0.487 e. The van der Waals surface area contributed by atoms with E-state index in [-0.39, 0.29) is 18.1 Å². The van der Waals surface area contributed by atoms with Crippen LogP contribution in [0, 0.1) is 6.92 Å². The Morgan fingerprint density at radius 3 is 2.96 bits per heavy atom. The number of carbonyl (C=O) groups excluding carboxylic acids is 1. The lowest BCUT2D eigenvalue weighted by atomic mass is 10.1. The summed E-state index contributed by atoms with van der Waals surface area (Å²) in [5.41, 5.74) is 0.628. The van der Waals surface area contributed by atoms with Gasteiger partial charge in [0.15, 0.2) is 5.75 Å². The predicted octanol–water partition coefficient (Wildman–Crippen LogP) is 1.22. The van der Waals surface area contributed by atoms with Gasteiger partial charge in [0.05, 0.1) is 31.1 Å². The van der Waals surface area contributed by atoms with E-state index < -0.39 is 0 Å². The number of fused-ring (bicyclic) bond motifs is 1. The number of nitrogens with zero attached hydrogens (tertiary/aromatic N) is 5. The van der Waals surface area contributed by atoms with Crippen LogP contribution in [-0.2, 0) is 17.9 Å². The number of hydrogen-bond acceptors (Lipinski definition) is 6. The maximum absolute atomic E-state index is 12.8. The number of ether oxygens (including phenoxy) is 1. The molecule has 1 amide bonds. The summed E-state index contributed by atoms with van der Waals surface area (Å²) in [6.45, 7) is 6.88. The Hall–Kier alpha value is -2.48. The summed E-state index contributed by atoms with van der Waals surface area (Å²) < 4.78 is 7.70. The van der Waals surface area contributed by atoms with Gasteiger partial charge in [0.25, 0.3) is 0 Å². The third-order valence-electron chi connectivity index (χ3n) is 4.00. The molecule has 128 valence electrons. The van der Waals surface area contributed by atoms with Crippen LogP contribution < -0.4 is 10.1 Å². The highest BCUT2D eigenvalue weighted by Crippen LogP contribution is 2.25. The number of carbonyl (C=O) groups is 1. The average Bonchev–Trinajstić information content (AvgIpc) is 2.88. The van der Waals surface area contributed by atoms with Crippen molar-refractivity contribution in [3.63, 3.8) is 0 Å². The second-order valence-electron chi connectivity index (χ2n) is 6.23. The normalized spacial score (nSPS) is 17.6. The van der Waals surface area contributed by atoms with Gasteiger partial charge in [-0.2, -0.15) is 0 Å². The number of rotatable bonds is 4. The first-order chi connectivity index (χ1) is 11.5. The Morgan fingerprint density at radius 1 is 1.42 bits per heavy atom. The molecule has 3 rings (SSSR count). The lowest BCUT2D eigenvalue weighted by molar-refractivity contribution is -0.122. The van der Waals surface area contributed by atoms with Gasteiger partial charge >= 0.3 is 0 Å². The Bertz CT molecular complexity index is 742. The molecule has 1 N–H and O–H groups in total. The number of hydrogen-bond donors (Lipinski definition) is 1. The quantitative estimate of drug-likeness (QED) is 0.907. The molecule has 2 aromatic rings. The van der Waals surface area contributed by atoms with Crippen LogP contribution in [0.25, 0.3) is 0 Å². The average molecular weight is 330 g/mol. The molecule has 2 aromatic heterocycles.